The molecule has 0 fully saturated rings. The van der Waals surface area contributed by atoms with E-state index in [0.717, 1.165) is 16.8 Å². The van der Waals surface area contributed by atoms with Gasteiger partial charge in [-0.1, -0.05) is 29.8 Å². The molecule has 0 saturated heterocycles. The molecular weight excluding hydrogens is 319 g/mol. The number of nitriles is 1. The molecule has 0 amide bonds. The molecule has 2 aromatic carbocycles. The van der Waals surface area contributed by atoms with Gasteiger partial charge in [-0.25, -0.2) is 0 Å². The number of aliphatic hydroxyl groups excluding tert-OH is 1. The highest BCUT2D eigenvalue weighted by Crippen LogP contribution is 2.24. The zero-order chi connectivity index (χ0) is 15.9. The predicted molar refractivity (Wildman–Crippen MR) is 90.6 cm³/mol. The molecule has 22 heavy (non-hydrogen) atoms. The summed E-state index contributed by atoms with van der Waals surface area (Å²) in [5, 5.41) is 22.1. The van der Waals surface area contributed by atoms with Crippen LogP contribution in [0.2, 0.25) is 5.02 Å². The van der Waals surface area contributed by atoms with Gasteiger partial charge in [0.25, 0.3) is 0 Å². The van der Waals surface area contributed by atoms with Gasteiger partial charge in [0.15, 0.2) is 0 Å². The van der Waals surface area contributed by atoms with Crippen LogP contribution in [-0.4, -0.2) is 23.6 Å². The van der Waals surface area contributed by atoms with E-state index in [2.05, 4.69) is 11.4 Å². The fourth-order valence-electron chi connectivity index (χ4n) is 2.09. The Morgan fingerprint density at radius 2 is 1.95 bits per heavy atom. The van der Waals surface area contributed by atoms with Crippen molar-refractivity contribution >= 4 is 28.9 Å². The second kappa shape index (κ2) is 8.05. The van der Waals surface area contributed by atoms with Crippen molar-refractivity contribution in [2.45, 2.75) is 12.5 Å². The number of anilines is 1. The highest BCUT2D eigenvalue weighted by molar-refractivity contribution is 6.33. The molecule has 0 heterocycles. The first kappa shape index (κ1) is 16.6. The fraction of sp³-hybridized carbons (Fsp3) is 0.235. The van der Waals surface area contributed by atoms with Crippen LogP contribution in [0.3, 0.4) is 0 Å². The Labute approximate surface area is 140 Å². The lowest BCUT2D eigenvalue weighted by Crippen LogP contribution is -2.20. The summed E-state index contributed by atoms with van der Waals surface area (Å²) in [5.41, 5.74) is 3.55. The minimum Gasteiger partial charge on any atom is -0.390 e. The molecule has 2 N–H and O–H groups in total. The number of aliphatic hydroxyl groups is 1. The highest BCUT2D eigenvalue weighted by atomic mass is 35.5. The van der Waals surface area contributed by atoms with Crippen molar-refractivity contribution in [1.82, 2.24) is 0 Å². The topological polar surface area (TPSA) is 56.0 Å². The van der Waals surface area contributed by atoms with E-state index in [9.17, 15) is 5.11 Å². The summed E-state index contributed by atoms with van der Waals surface area (Å²) in [6, 6.07) is 15.4. The van der Waals surface area contributed by atoms with Crippen molar-refractivity contribution in [3.05, 3.63) is 64.2 Å². The van der Waals surface area contributed by atoms with Crippen LogP contribution >= 0.6 is 23.2 Å². The number of benzene rings is 2. The third kappa shape index (κ3) is 4.64. The van der Waals surface area contributed by atoms with Crippen LogP contribution in [0.5, 0.6) is 0 Å². The fourth-order valence-corrected chi connectivity index (χ4v) is 2.38. The SMILES string of the molecule is N#Cc1cccc(Cc2ccc(Cl)c(NCC(O)CCl)c2)c1. The summed E-state index contributed by atoms with van der Waals surface area (Å²) in [7, 11) is 0. The van der Waals surface area contributed by atoms with E-state index in [0.29, 0.717) is 23.6 Å². The number of hydrogen-bond donors (Lipinski definition) is 2. The maximum Gasteiger partial charge on any atom is 0.0991 e. The Balaban J connectivity index is 2.13. The molecule has 114 valence electrons. The molecule has 2 aromatic rings. The van der Waals surface area contributed by atoms with Crippen LogP contribution in [0.4, 0.5) is 5.69 Å². The van der Waals surface area contributed by atoms with Gasteiger partial charge in [0.05, 0.1) is 34.3 Å². The van der Waals surface area contributed by atoms with Crippen molar-refractivity contribution in [3.8, 4) is 6.07 Å². The van der Waals surface area contributed by atoms with Crippen molar-refractivity contribution in [1.29, 1.82) is 5.26 Å². The van der Waals surface area contributed by atoms with E-state index in [1.54, 1.807) is 6.07 Å². The summed E-state index contributed by atoms with van der Waals surface area (Å²) in [5.74, 6) is 0.172. The Morgan fingerprint density at radius 3 is 2.68 bits per heavy atom. The molecule has 1 atom stereocenters. The van der Waals surface area contributed by atoms with Gasteiger partial charge in [0.2, 0.25) is 0 Å². The average Bonchev–Trinajstić information content (AvgIpc) is 2.55. The number of nitrogens with zero attached hydrogens (tertiary/aromatic N) is 1. The number of hydrogen-bond acceptors (Lipinski definition) is 3. The molecule has 0 aliphatic heterocycles. The monoisotopic (exact) mass is 334 g/mol. The maximum absolute atomic E-state index is 9.50. The first-order chi connectivity index (χ1) is 10.6. The zero-order valence-electron chi connectivity index (χ0n) is 11.9. The van der Waals surface area contributed by atoms with Gasteiger partial charge in [-0.05, 0) is 41.8 Å². The van der Waals surface area contributed by atoms with E-state index < -0.39 is 6.10 Å². The molecule has 5 heteroatoms. The Kier molecular flexibility index (Phi) is 6.09. The molecule has 0 aliphatic rings. The third-order valence-corrected chi connectivity index (χ3v) is 3.89. The number of alkyl halides is 1. The van der Waals surface area contributed by atoms with Crippen molar-refractivity contribution in [2.75, 3.05) is 17.7 Å². The smallest absolute Gasteiger partial charge is 0.0991 e. The van der Waals surface area contributed by atoms with Gasteiger partial charge >= 0.3 is 0 Å². The molecule has 3 nitrogen and oxygen atoms in total. The van der Waals surface area contributed by atoms with E-state index in [1.165, 1.54) is 0 Å². The number of halogens is 2. The van der Waals surface area contributed by atoms with E-state index in [4.69, 9.17) is 28.5 Å². The lowest BCUT2D eigenvalue weighted by Gasteiger charge is -2.13. The van der Waals surface area contributed by atoms with Crippen LogP contribution in [0.25, 0.3) is 0 Å². The van der Waals surface area contributed by atoms with Gasteiger partial charge < -0.3 is 10.4 Å². The van der Waals surface area contributed by atoms with Gasteiger partial charge in [-0.2, -0.15) is 5.26 Å². The molecule has 0 aliphatic carbocycles. The van der Waals surface area contributed by atoms with Gasteiger partial charge in [0, 0.05) is 6.54 Å². The highest BCUT2D eigenvalue weighted by Gasteiger charge is 2.06. The largest absolute Gasteiger partial charge is 0.390 e. The average molecular weight is 335 g/mol. The predicted octanol–water partition coefficient (Wildman–Crippen LogP) is 3.81. The second-order valence-corrected chi connectivity index (χ2v) is 5.71. The number of rotatable bonds is 6. The van der Waals surface area contributed by atoms with Gasteiger partial charge in [-0.3, -0.25) is 0 Å². The summed E-state index contributed by atoms with van der Waals surface area (Å²) >= 11 is 11.7. The summed E-state index contributed by atoms with van der Waals surface area (Å²) in [6.07, 6.45) is 0.0908. The molecule has 0 saturated carbocycles. The van der Waals surface area contributed by atoms with Crippen LogP contribution in [0.15, 0.2) is 42.5 Å². The van der Waals surface area contributed by atoms with Crippen LogP contribution in [0, 0.1) is 11.3 Å². The molecule has 0 bridgehead atoms. The van der Waals surface area contributed by atoms with Crippen molar-refractivity contribution in [2.24, 2.45) is 0 Å². The quantitative estimate of drug-likeness (QED) is 0.789. The first-order valence-electron chi connectivity index (χ1n) is 6.87. The standard InChI is InChI=1S/C17H16Cl2N2O/c18-9-15(22)11-21-17-8-13(4-5-16(17)19)6-12-2-1-3-14(7-12)10-20/h1-5,7-8,15,21-22H,6,9,11H2. The Hall–Kier alpha value is -1.73. The van der Waals surface area contributed by atoms with Crippen molar-refractivity contribution < 1.29 is 5.11 Å². The normalized spacial score (nSPS) is 11.7. The van der Waals surface area contributed by atoms with Gasteiger partial charge in [0.1, 0.15) is 0 Å². The molecular formula is C17H16Cl2N2O. The lowest BCUT2D eigenvalue weighted by molar-refractivity contribution is 0.211. The van der Waals surface area contributed by atoms with E-state index in [1.807, 2.05) is 36.4 Å². The lowest BCUT2D eigenvalue weighted by atomic mass is 10.0. The van der Waals surface area contributed by atoms with Crippen LogP contribution in [-0.2, 0) is 6.42 Å². The van der Waals surface area contributed by atoms with Crippen LogP contribution < -0.4 is 5.32 Å². The molecule has 0 spiro atoms. The Bertz CT molecular complexity index is 683. The summed E-state index contributed by atoms with van der Waals surface area (Å²) < 4.78 is 0. The third-order valence-electron chi connectivity index (χ3n) is 3.20. The van der Waals surface area contributed by atoms with Gasteiger partial charge in [-0.15, -0.1) is 11.6 Å². The van der Waals surface area contributed by atoms with Crippen LogP contribution in [0.1, 0.15) is 16.7 Å². The van der Waals surface area contributed by atoms with E-state index >= 15 is 0 Å². The molecule has 0 aromatic heterocycles. The summed E-state index contributed by atoms with van der Waals surface area (Å²) in [6.45, 7) is 0.344. The minimum atomic E-state index is -0.617. The minimum absolute atomic E-state index is 0.172. The maximum atomic E-state index is 9.50. The Morgan fingerprint density at radius 1 is 1.18 bits per heavy atom. The van der Waals surface area contributed by atoms with Crippen molar-refractivity contribution in [3.63, 3.8) is 0 Å². The summed E-state index contributed by atoms with van der Waals surface area (Å²) in [4.78, 5) is 0. The zero-order valence-corrected chi connectivity index (χ0v) is 13.4. The molecule has 1 unspecified atom stereocenters. The molecule has 0 radical (unpaired) electrons. The molecule has 2 rings (SSSR count). The second-order valence-electron chi connectivity index (χ2n) is 4.99. The number of nitrogens with one attached hydrogen (secondary N) is 1. The van der Waals surface area contributed by atoms with E-state index in [-0.39, 0.29) is 5.88 Å². The first-order valence-corrected chi connectivity index (χ1v) is 7.79.